The van der Waals surface area contributed by atoms with Crippen molar-refractivity contribution in [3.05, 3.63) is 60.2 Å². The molecular formula is C22H28ClN3O3. The van der Waals surface area contributed by atoms with Crippen molar-refractivity contribution in [2.45, 2.75) is 19.3 Å². The zero-order valence-electron chi connectivity index (χ0n) is 16.6. The summed E-state index contributed by atoms with van der Waals surface area (Å²) in [7, 11) is 1.77. The largest absolute Gasteiger partial charge is 0.381 e. The van der Waals surface area contributed by atoms with Crippen LogP contribution >= 0.6 is 12.4 Å². The fourth-order valence-electron chi connectivity index (χ4n) is 3.34. The molecule has 1 heterocycles. The standard InChI is InChI=1S/C22H27N3O3.ClH/c1-25(19-5-3-2-4-6-19)20(26)15-17-7-9-18(10-8-17)24-21(27)22(16-23)11-13-28-14-12-22;/h2-10H,11-16,23H2,1H3,(H,24,27);1H. The van der Waals surface area contributed by atoms with E-state index in [2.05, 4.69) is 5.32 Å². The molecule has 0 unspecified atom stereocenters. The Balaban J connectivity index is 0.00000300. The topological polar surface area (TPSA) is 84.7 Å². The average molecular weight is 418 g/mol. The minimum absolute atomic E-state index is 0. The summed E-state index contributed by atoms with van der Waals surface area (Å²) in [6.45, 7) is 1.42. The van der Waals surface area contributed by atoms with Gasteiger partial charge in [-0.05, 0) is 42.7 Å². The van der Waals surface area contributed by atoms with Crippen molar-refractivity contribution >= 4 is 35.6 Å². The van der Waals surface area contributed by atoms with Crippen molar-refractivity contribution in [2.75, 3.05) is 37.0 Å². The first-order valence-corrected chi connectivity index (χ1v) is 9.54. The van der Waals surface area contributed by atoms with Gasteiger partial charge in [-0.25, -0.2) is 0 Å². The normalized spacial score (nSPS) is 15.1. The molecule has 156 valence electrons. The van der Waals surface area contributed by atoms with E-state index in [4.69, 9.17) is 10.5 Å². The van der Waals surface area contributed by atoms with Gasteiger partial charge in [-0.3, -0.25) is 9.59 Å². The lowest BCUT2D eigenvalue weighted by atomic mass is 9.79. The Hall–Kier alpha value is -2.41. The molecule has 0 bridgehead atoms. The highest BCUT2D eigenvalue weighted by Crippen LogP contribution is 2.31. The molecule has 29 heavy (non-hydrogen) atoms. The maximum absolute atomic E-state index is 12.7. The molecular weight excluding hydrogens is 390 g/mol. The second kappa shape index (κ2) is 10.4. The van der Waals surface area contributed by atoms with Crippen LogP contribution < -0.4 is 16.0 Å². The van der Waals surface area contributed by atoms with Gasteiger partial charge in [-0.2, -0.15) is 0 Å². The van der Waals surface area contributed by atoms with Crippen LogP contribution in [0.1, 0.15) is 18.4 Å². The molecule has 0 spiro atoms. The lowest BCUT2D eigenvalue weighted by Crippen LogP contribution is -2.46. The number of nitrogens with zero attached hydrogens (tertiary/aromatic N) is 1. The van der Waals surface area contributed by atoms with Gasteiger partial charge in [0.1, 0.15) is 0 Å². The summed E-state index contributed by atoms with van der Waals surface area (Å²) in [5.74, 6) is -0.0572. The number of hydrogen-bond acceptors (Lipinski definition) is 4. The molecule has 2 amide bonds. The Kier molecular flexibility index (Phi) is 8.20. The Morgan fingerprint density at radius 2 is 1.69 bits per heavy atom. The molecule has 0 atom stereocenters. The van der Waals surface area contributed by atoms with Crippen molar-refractivity contribution in [3.63, 3.8) is 0 Å². The van der Waals surface area contributed by atoms with E-state index in [0.29, 0.717) is 44.7 Å². The van der Waals surface area contributed by atoms with E-state index in [0.717, 1.165) is 11.3 Å². The van der Waals surface area contributed by atoms with E-state index < -0.39 is 5.41 Å². The Bertz CT molecular complexity index is 806. The molecule has 2 aromatic rings. The van der Waals surface area contributed by atoms with E-state index in [-0.39, 0.29) is 24.2 Å². The number of benzene rings is 2. The summed E-state index contributed by atoms with van der Waals surface area (Å²) >= 11 is 0. The van der Waals surface area contributed by atoms with E-state index in [1.54, 1.807) is 11.9 Å². The fraction of sp³-hybridized carbons (Fsp3) is 0.364. The van der Waals surface area contributed by atoms with Crippen LogP contribution in [0.3, 0.4) is 0 Å². The second-order valence-corrected chi connectivity index (χ2v) is 7.21. The van der Waals surface area contributed by atoms with Gasteiger partial charge in [0, 0.05) is 38.2 Å². The molecule has 1 saturated heterocycles. The van der Waals surface area contributed by atoms with Gasteiger partial charge in [-0.15, -0.1) is 12.4 Å². The molecule has 3 rings (SSSR count). The molecule has 0 aromatic heterocycles. The van der Waals surface area contributed by atoms with E-state index in [9.17, 15) is 9.59 Å². The van der Waals surface area contributed by atoms with Crippen LogP contribution in [-0.4, -0.2) is 38.6 Å². The van der Waals surface area contributed by atoms with Crippen LogP contribution in [0, 0.1) is 5.41 Å². The first-order chi connectivity index (χ1) is 13.5. The number of halogens is 1. The Labute approximate surface area is 177 Å². The molecule has 1 aliphatic rings. The summed E-state index contributed by atoms with van der Waals surface area (Å²) in [5.41, 5.74) is 7.79. The van der Waals surface area contributed by atoms with Crippen LogP contribution in [-0.2, 0) is 20.7 Å². The van der Waals surface area contributed by atoms with Gasteiger partial charge in [0.15, 0.2) is 0 Å². The highest BCUT2D eigenvalue weighted by Gasteiger charge is 2.38. The second-order valence-electron chi connectivity index (χ2n) is 7.21. The monoisotopic (exact) mass is 417 g/mol. The fourth-order valence-corrected chi connectivity index (χ4v) is 3.34. The predicted molar refractivity (Wildman–Crippen MR) is 117 cm³/mol. The molecule has 2 aromatic carbocycles. The number of carbonyl (C=O) groups excluding carboxylic acids is 2. The summed E-state index contributed by atoms with van der Waals surface area (Å²) in [6.07, 6.45) is 1.56. The number of likely N-dealkylation sites (N-methyl/N-ethyl adjacent to an activating group) is 1. The predicted octanol–water partition coefficient (Wildman–Crippen LogP) is 3.01. The number of hydrogen-bond donors (Lipinski definition) is 2. The van der Waals surface area contributed by atoms with Crippen molar-refractivity contribution in [1.82, 2.24) is 0 Å². The quantitative estimate of drug-likeness (QED) is 0.756. The van der Waals surface area contributed by atoms with Gasteiger partial charge in [0.2, 0.25) is 11.8 Å². The number of rotatable bonds is 6. The molecule has 1 aliphatic heterocycles. The summed E-state index contributed by atoms with van der Waals surface area (Å²) in [4.78, 5) is 26.9. The molecule has 7 heteroatoms. The zero-order chi connectivity index (χ0) is 20.0. The highest BCUT2D eigenvalue weighted by atomic mass is 35.5. The zero-order valence-corrected chi connectivity index (χ0v) is 17.4. The molecule has 3 N–H and O–H groups in total. The van der Waals surface area contributed by atoms with Crippen LogP contribution in [0.4, 0.5) is 11.4 Å². The van der Waals surface area contributed by atoms with E-state index >= 15 is 0 Å². The average Bonchev–Trinajstić information content (AvgIpc) is 2.75. The van der Waals surface area contributed by atoms with Gasteiger partial charge in [0.05, 0.1) is 11.8 Å². The maximum Gasteiger partial charge on any atom is 0.232 e. The minimum Gasteiger partial charge on any atom is -0.381 e. The number of carbonyl (C=O) groups is 2. The van der Waals surface area contributed by atoms with Gasteiger partial charge >= 0.3 is 0 Å². The third-order valence-corrected chi connectivity index (χ3v) is 5.41. The van der Waals surface area contributed by atoms with Crippen molar-refractivity contribution in [3.8, 4) is 0 Å². The van der Waals surface area contributed by atoms with Crippen molar-refractivity contribution in [2.24, 2.45) is 11.1 Å². The molecule has 0 aliphatic carbocycles. The Morgan fingerprint density at radius 3 is 2.28 bits per heavy atom. The summed E-state index contributed by atoms with van der Waals surface area (Å²) in [6, 6.07) is 16.9. The van der Waals surface area contributed by atoms with Crippen LogP contribution in [0.15, 0.2) is 54.6 Å². The smallest absolute Gasteiger partial charge is 0.232 e. The lowest BCUT2D eigenvalue weighted by Gasteiger charge is -2.34. The molecule has 1 fully saturated rings. The number of amides is 2. The van der Waals surface area contributed by atoms with Crippen LogP contribution in [0.25, 0.3) is 0 Å². The molecule has 0 radical (unpaired) electrons. The van der Waals surface area contributed by atoms with Gasteiger partial charge in [0.25, 0.3) is 0 Å². The number of para-hydroxylation sites is 1. The molecule has 0 saturated carbocycles. The Morgan fingerprint density at radius 1 is 1.07 bits per heavy atom. The first-order valence-electron chi connectivity index (χ1n) is 9.54. The third kappa shape index (κ3) is 5.56. The minimum atomic E-state index is -0.564. The van der Waals surface area contributed by atoms with Gasteiger partial charge in [-0.1, -0.05) is 30.3 Å². The van der Waals surface area contributed by atoms with Crippen LogP contribution in [0.5, 0.6) is 0 Å². The highest BCUT2D eigenvalue weighted by molar-refractivity contribution is 5.96. The summed E-state index contributed by atoms with van der Waals surface area (Å²) < 4.78 is 5.36. The number of nitrogens with one attached hydrogen (secondary N) is 1. The molecule has 6 nitrogen and oxygen atoms in total. The van der Waals surface area contributed by atoms with Crippen molar-refractivity contribution < 1.29 is 14.3 Å². The van der Waals surface area contributed by atoms with Gasteiger partial charge < -0.3 is 20.7 Å². The number of anilines is 2. The van der Waals surface area contributed by atoms with Crippen LogP contribution in [0.2, 0.25) is 0 Å². The van der Waals surface area contributed by atoms with E-state index in [1.165, 1.54) is 0 Å². The summed E-state index contributed by atoms with van der Waals surface area (Å²) in [5, 5.41) is 2.96. The SMILES string of the molecule is CN(C(=O)Cc1ccc(NC(=O)C2(CN)CCOCC2)cc1)c1ccccc1.Cl. The first kappa shape index (κ1) is 22.9. The maximum atomic E-state index is 12.7. The lowest BCUT2D eigenvalue weighted by molar-refractivity contribution is -0.130. The number of nitrogens with two attached hydrogens (primary N) is 1. The number of ether oxygens (including phenoxy) is 1. The van der Waals surface area contributed by atoms with E-state index in [1.807, 2.05) is 54.6 Å². The third-order valence-electron chi connectivity index (χ3n) is 5.41. The van der Waals surface area contributed by atoms with Crippen molar-refractivity contribution in [1.29, 1.82) is 0 Å².